The Morgan fingerprint density at radius 1 is 1.21 bits per heavy atom. The van der Waals surface area contributed by atoms with Gasteiger partial charge in [0.05, 0.1) is 19.6 Å². The van der Waals surface area contributed by atoms with Gasteiger partial charge in [-0.25, -0.2) is 4.39 Å². The lowest BCUT2D eigenvalue weighted by molar-refractivity contribution is -0.128. The number of benzene rings is 1. The second kappa shape index (κ2) is 7.99. The molecule has 19 heavy (non-hydrogen) atoms. The van der Waals surface area contributed by atoms with E-state index >= 15 is 0 Å². The molecule has 1 aromatic carbocycles. The van der Waals surface area contributed by atoms with E-state index in [1.165, 1.54) is 0 Å². The van der Waals surface area contributed by atoms with Gasteiger partial charge in [0.2, 0.25) is 5.91 Å². The molecule has 0 fully saturated rings. The highest BCUT2D eigenvalue weighted by atomic mass is 19.1. The first-order valence-corrected chi connectivity index (χ1v) is 5.65. The summed E-state index contributed by atoms with van der Waals surface area (Å²) < 4.78 is 17.5. The number of rotatable bonds is 6. The van der Waals surface area contributed by atoms with Gasteiger partial charge in [0.15, 0.2) is 5.83 Å². The number of hydrogen-bond acceptors (Lipinski definition) is 3. The predicted octanol–water partition coefficient (Wildman–Crippen LogP) is 1.22. The van der Waals surface area contributed by atoms with Crippen LogP contribution in [0, 0.1) is 0 Å². The van der Waals surface area contributed by atoms with Gasteiger partial charge in [-0.1, -0.05) is 36.9 Å². The van der Waals surface area contributed by atoms with Crippen molar-refractivity contribution < 1.29 is 18.7 Å². The van der Waals surface area contributed by atoms with Crippen molar-refractivity contribution in [1.82, 2.24) is 10.9 Å². The molecule has 0 spiro atoms. The number of halogens is 1. The summed E-state index contributed by atoms with van der Waals surface area (Å²) in [5, 5.41) is 0. The first-order valence-electron chi connectivity index (χ1n) is 5.65. The summed E-state index contributed by atoms with van der Waals surface area (Å²) in [6.07, 6.45) is 0.0614. The maximum atomic E-state index is 12.3. The highest BCUT2D eigenvalue weighted by Gasteiger charge is 2.07. The van der Waals surface area contributed by atoms with Crippen LogP contribution in [0.15, 0.2) is 42.7 Å². The highest BCUT2D eigenvalue weighted by Crippen LogP contribution is 2.00. The smallest absolute Gasteiger partial charge is 0.297 e. The van der Waals surface area contributed by atoms with Crippen LogP contribution in [0.4, 0.5) is 4.39 Å². The summed E-state index contributed by atoms with van der Waals surface area (Å²) in [5.41, 5.74) is 4.92. The number of carbonyl (C=O) groups is 2. The van der Waals surface area contributed by atoms with E-state index in [0.717, 1.165) is 5.56 Å². The van der Waals surface area contributed by atoms with Gasteiger partial charge in [-0.3, -0.25) is 20.4 Å². The zero-order chi connectivity index (χ0) is 14.1. The average molecular weight is 266 g/mol. The van der Waals surface area contributed by atoms with E-state index in [2.05, 4.69) is 6.58 Å². The molecule has 0 radical (unpaired) electrons. The quantitative estimate of drug-likeness (QED) is 0.462. The van der Waals surface area contributed by atoms with Crippen LogP contribution in [0.3, 0.4) is 0 Å². The van der Waals surface area contributed by atoms with Crippen molar-refractivity contribution in [2.24, 2.45) is 0 Å². The largest absolute Gasteiger partial charge is 0.376 e. The van der Waals surface area contributed by atoms with Gasteiger partial charge in [0, 0.05) is 0 Å². The third kappa shape index (κ3) is 6.32. The van der Waals surface area contributed by atoms with E-state index in [4.69, 9.17) is 4.74 Å². The summed E-state index contributed by atoms with van der Waals surface area (Å²) in [6, 6.07) is 9.51. The lowest BCUT2D eigenvalue weighted by Crippen LogP contribution is -2.42. The lowest BCUT2D eigenvalue weighted by atomic mass is 10.2. The highest BCUT2D eigenvalue weighted by molar-refractivity contribution is 5.92. The fourth-order valence-electron chi connectivity index (χ4n) is 1.19. The molecular formula is C13H15FN2O3. The second-order valence-corrected chi connectivity index (χ2v) is 3.70. The van der Waals surface area contributed by atoms with Crippen LogP contribution >= 0.6 is 0 Å². The molecule has 0 aliphatic heterocycles. The maximum Gasteiger partial charge on any atom is 0.297 e. The zero-order valence-electron chi connectivity index (χ0n) is 10.3. The van der Waals surface area contributed by atoms with Gasteiger partial charge < -0.3 is 4.74 Å². The van der Waals surface area contributed by atoms with Gasteiger partial charge in [0.25, 0.3) is 5.91 Å². The van der Waals surface area contributed by atoms with Gasteiger partial charge in [-0.15, -0.1) is 0 Å². The van der Waals surface area contributed by atoms with Crippen molar-refractivity contribution in [3.05, 3.63) is 48.3 Å². The Labute approximate surface area is 110 Å². The topological polar surface area (TPSA) is 67.4 Å². The summed E-state index contributed by atoms with van der Waals surface area (Å²) in [4.78, 5) is 22.0. The van der Waals surface area contributed by atoms with Crippen LogP contribution < -0.4 is 10.9 Å². The monoisotopic (exact) mass is 266 g/mol. The van der Waals surface area contributed by atoms with Crippen molar-refractivity contribution in [3.8, 4) is 0 Å². The van der Waals surface area contributed by atoms with Crippen molar-refractivity contribution >= 4 is 11.8 Å². The summed E-state index contributed by atoms with van der Waals surface area (Å²) in [7, 11) is 0. The molecule has 102 valence electrons. The lowest BCUT2D eigenvalue weighted by Gasteiger charge is -2.06. The van der Waals surface area contributed by atoms with Gasteiger partial charge >= 0.3 is 0 Å². The maximum absolute atomic E-state index is 12.3. The minimum absolute atomic E-state index is 0.0614. The van der Waals surface area contributed by atoms with Gasteiger partial charge in [-0.05, 0) is 5.56 Å². The Morgan fingerprint density at radius 2 is 1.89 bits per heavy atom. The van der Waals surface area contributed by atoms with Crippen LogP contribution in [-0.4, -0.2) is 18.4 Å². The molecule has 0 aliphatic carbocycles. The molecule has 0 saturated heterocycles. The Kier molecular flexibility index (Phi) is 6.25. The predicted molar refractivity (Wildman–Crippen MR) is 67.2 cm³/mol. The van der Waals surface area contributed by atoms with Gasteiger partial charge in [-0.2, -0.15) is 0 Å². The zero-order valence-corrected chi connectivity index (χ0v) is 10.3. The first-order chi connectivity index (χ1) is 9.09. The molecule has 0 heterocycles. The minimum Gasteiger partial charge on any atom is -0.376 e. The molecule has 2 N–H and O–H groups in total. The number of amides is 2. The van der Waals surface area contributed by atoms with E-state index in [-0.39, 0.29) is 13.0 Å². The molecule has 1 rings (SSSR count). The summed E-state index contributed by atoms with van der Waals surface area (Å²) >= 11 is 0. The third-order valence-electron chi connectivity index (χ3n) is 2.15. The van der Waals surface area contributed by atoms with E-state index < -0.39 is 17.6 Å². The Bertz CT molecular complexity index is 448. The second-order valence-electron chi connectivity index (χ2n) is 3.70. The normalized spacial score (nSPS) is 9.74. The SMILES string of the molecule is C=C(F)C(=O)NNC(=O)CCOCc1ccccc1. The van der Waals surface area contributed by atoms with Crippen LogP contribution in [-0.2, 0) is 20.9 Å². The Balaban J connectivity index is 2.11. The summed E-state index contributed by atoms with van der Waals surface area (Å²) in [6.45, 7) is 3.39. The number of nitrogens with one attached hydrogen (secondary N) is 2. The molecule has 0 aromatic heterocycles. The van der Waals surface area contributed by atoms with Crippen molar-refractivity contribution in [1.29, 1.82) is 0 Å². The van der Waals surface area contributed by atoms with E-state index in [1.54, 1.807) is 0 Å². The molecule has 0 atom stereocenters. The fourth-order valence-corrected chi connectivity index (χ4v) is 1.19. The van der Waals surface area contributed by atoms with Crippen molar-refractivity contribution in [3.63, 3.8) is 0 Å². The van der Waals surface area contributed by atoms with Crippen LogP contribution in [0.25, 0.3) is 0 Å². The molecule has 0 saturated carbocycles. The third-order valence-corrected chi connectivity index (χ3v) is 2.15. The van der Waals surface area contributed by atoms with E-state index in [0.29, 0.717) is 6.61 Å². The minimum atomic E-state index is -1.17. The molecule has 5 nitrogen and oxygen atoms in total. The van der Waals surface area contributed by atoms with Gasteiger partial charge in [0.1, 0.15) is 0 Å². The number of ether oxygens (including phenoxy) is 1. The first kappa shape index (κ1) is 14.8. The molecule has 0 bridgehead atoms. The van der Waals surface area contributed by atoms with Crippen LogP contribution in [0.5, 0.6) is 0 Å². The molecule has 6 heteroatoms. The number of hydrogen-bond donors (Lipinski definition) is 2. The van der Waals surface area contributed by atoms with E-state index in [1.807, 2.05) is 41.2 Å². The standard InChI is InChI=1S/C13H15FN2O3/c1-10(14)13(18)16-15-12(17)7-8-19-9-11-5-3-2-4-6-11/h2-6H,1,7-9H2,(H,15,17)(H,16,18). The van der Waals surface area contributed by atoms with E-state index in [9.17, 15) is 14.0 Å². The summed E-state index contributed by atoms with van der Waals surface area (Å²) in [5.74, 6) is -2.71. The van der Waals surface area contributed by atoms with Crippen LogP contribution in [0.1, 0.15) is 12.0 Å². The molecular weight excluding hydrogens is 251 g/mol. The fraction of sp³-hybridized carbons (Fsp3) is 0.231. The van der Waals surface area contributed by atoms with Crippen molar-refractivity contribution in [2.75, 3.05) is 6.61 Å². The average Bonchev–Trinajstić information content (AvgIpc) is 2.42. The van der Waals surface area contributed by atoms with Crippen LogP contribution in [0.2, 0.25) is 0 Å². The number of carbonyl (C=O) groups excluding carboxylic acids is 2. The molecule has 0 unspecified atom stereocenters. The molecule has 0 aliphatic rings. The Morgan fingerprint density at radius 3 is 2.53 bits per heavy atom. The molecule has 2 amide bonds. The van der Waals surface area contributed by atoms with Crippen molar-refractivity contribution in [2.45, 2.75) is 13.0 Å². The molecule has 1 aromatic rings. The number of hydrazine groups is 1. The Hall–Kier alpha value is -2.21.